The second kappa shape index (κ2) is 5.63. The Morgan fingerprint density at radius 3 is 1.41 bits per heavy atom. The summed E-state index contributed by atoms with van der Waals surface area (Å²) < 4.78 is 0. The van der Waals surface area contributed by atoms with Crippen molar-refractivity contribution in [3.05, 3.63) is 72.3 Å². The van der Waals surface area contributed by atoms with Gasteiger partial charge in [-0.15, -0.1) is 0 Å². The minimum Gasteiger partial charge on any atom is -0.507 e. The van der Waals surface area contributed by atoms with Gasteiger partial charge in [0.25, 0.3) is 0 Å². The molecule has 0 aliphatic heterocycles. The van der Waals surface area contributed by atoms with Crippen molar-refractivity contribution in [3.63, 3.8) is 0 Å². The van der Waals surface area contributed by atoms with Gasteiger partial charge in [-0.25, -0.2) is 0 Å². The molecule has 22 heavy (non-hydrogen) atoms. The molecule has 0 heterocycles. The lowest BCUT2D eigenvalue weighted by atomic mass is 9.92. The maximum atomic E-state index is 10.0. The highest BCUT2D eigenvalue weighted by molar-refractivity contribution is 5.85. The minimum atomic E-state index is 0.119. The number of phenols is 2. The van der Waals surface area contributed by atoms with E-state index in [2.05, 4.69) is 6.07 Å². The summed E-state index contributed by atoms with van der Waals surface area (Å²) in [7, 11) is 0. The number of phenolic OH excluding ortho intramolecular Hbond substituents is 2. The Balaban J connectivity index is 2.29. The molecule has 3 rings (SSSR count). The number of hydrogen-bond acceptors (Lipinski definition) is 3. The number of nitriles is 1. The molecule has 0 bridgehead atoms. The summed E-state index contributed by atoms with van der Waals surface area (Å²) in [6.45, 7) is 0. The molecule has 106 valence electrons. The lowest BCUT2D eigenvalue weighted by molar-refractivity contribution is 0.477. The van der Waals surface area contributed by atoms with Crippen molar-refractivity contribution >= 4 is 0 Å². The van der Waals surface area contributed by atoms with Gasteiger partial charge in [-0.2, -0.15) is 5.26 Å². The van der Waals surface area contributed by atoms with Crippen LogP contribution < -0.4 is 0 Å². The van der Waals surface area contributed by atoms with E-state index < -0.39 is 0 Å². The van der Waals surface area contributed by atoms with Crippen LogP contribution in [0.2, 0.25) is 0 Å². The Kier molecular flexibility index (Phi) is 3.51. The van der Waals surface area contributed by atoms with Gasteiger partial charge in [0.15, 0.2) is 0 Å². The minimum absolute atomic E-state index is 0.119. The molecule has 3 nitrogen and oxygen atoms in total. The fraction of sp³-hybridized carbons (Fsp3) is 0. The van der Waals surface area contributed by atoms with E-state index in [1.807, 2.05) is 18.2 Å². The summed E-state index contributed by atoms with van der Waals surface area (Å²) in [5, 5.41) is 29.7. The molecule has 0 aliphatic rings. The van der Waals surface area contributed by atoms with Crippen LogP contribution in [-0.2, 0) is 0 Å². The van der Waals surface area contributed by atoms with E-state index in [0.717, 1.165) is 0 Å². The summed E-state index contributed by atoms with van der Waals surface area (Å²) in [5.74, 6) is 0.238. The first-order chi connectivity index (χ1) is 10.7. The summed E-state index contributed by atoms with van der Waals surface area (Å²) in [6, 6.07) is 21.4. The van der Waals surface area contributed by atoms with Gasteiger partial charge in [0.05, 0.1) is 5.56 Å². The van der Waals surface area contributed by atoms with E-state index in [9.17, 15) is 15.5 Å². The molecule has 0 radical (unpaired) electrons. The van der Waals surface area contributed by atoms with Crippen LogP contribution in [0.4, 0.5) is 0 Å². The first kappa shape index (κ1) is 13.7. The molecule has 0 unspecified atom stereocenters. The number of aromatic hydroxyl groups is 2. The molecule has 0 aromatic heterocycles. The zero-order valence-corrected chi connectivity index (χ0v) is 11.7. The van der Waals surface area contributed by atoms with Crippen molar-refractivity contribution in [1.82, 2.24) is 0 Å². The highest BCUT2D eigenvalue weighted by Crippen LogP contribution is 2.38. The lowest BCUT2D eigenvalue weighted by Gasteiger charge is -2.12. The van der Waals surface area contributed by atoms with E-state index in [-0.39, 0.29) is 11.5 Å². The van der Waals surface area contributed by atoms with Crippen LogP contribution in [0.15, 0.2) is 66.7 Å². The lowest BCUT2D eigenvalue weighted by Crippen LogP contribution is -1.90. The predicted octanol–water partition coefficient (Wildman–Crippen LogP) is 4.30. The van der Waals surface area contributed by atoms with Crippen LogP contribution in [0.1, 0.15) is 5.56 Å². The number of para-hydroxylation sites is 2. The van der Waals surface area contributed by atoms with E-state index >= 15 is 0 Å². The fourth-order valence-corrected chi connectivity index (χ4v) is 2.52. The van der Waals surface area contributed by atoms with Gasteiger partial charge >= 0.3 is 0 Å². The molecule has 0 spiro atoms. The second-order valence-electron chi connectivity index (χ2n) is 4.87. The van der Waals surface area contributed by atoms with Crippen molar-refractivity contribution in [2.24, 2.45) is 0 Å². The second-order valence-corrected chi connectivity index (χ2v) is 4.87. The maximum absolute atomic E-state index is 10.0. The molecular formula is C19H13NO2. The highest BCUT2D eigenvalue weighted by atomic mass is 16.3. The quantitative estimate of drug-likeness (QED) is 0.738. The van der Waals surface area contributed by atoms with Crippen LogP contribution in [0.25, 0.3) is 22.3 Å². The summed E-state index contributed by atoms with van der Waals surface area (Å²) in [4.78, 5) is 0. The Morgan fingerprint density at radius 1 is 0.591 bits per heavy atom. The molecule has 0 saturated heterocycles. The van der Waals surface area contributed by atoms with Gasteiger partial charge < -0.3 is 10.2 Å². The zero-order valence-electron chi connectivity index (χ0n) is 11.7. The van der Waals surface area contributed by atoms with Crippen LogP contribution >= 0.6 is 0 Å². The van der Waals surface area contributed by atoms with E-state index in [1.165, 1.54) is 0 Å². The first-order valence-corrected chi connectivity index (χ1v) is 6.82. The number of benzene rings is 3. The fourth-order valence-electron chi connectivity index (χ4n) is 2.52. The zero-order chi connectivity index (χ0) is 15.5. The normalized spacial score (nSPS) is 10.1. The molecule has 3 heteroatoms. The van der Waals surface area contributed by atoms with Crippen LogP contribution in [0, 0.1) is 11.3 Å². The Labute approximate surface area is 128 Å². The molecule has 0 fully saturated rings. The molecule has 2 N–H and O–H groups in total. The van der Waals surface area contributed by atoms with Crippen molar-refractivity contribution in [2.75, 3.05) is 0 Å². The first-order valence-electron chi connectivity index (χ1n) is 6.82. The average molecular weight is 287 g/mol. The van der Waals surface area contributed by atoms with E-state index in [0.29, 0.717) is 27.8 Å². The van der Waals surface area contributed by atoms with Gasteiger partial charge in [0.2, 0.25) is 0 Å². The van der Waals surface area contributed by atoms with Crippen molar-refractivity contribution in [3.8, 4) is 39.8 Å². The topological polar surface area (TPSA) is 64.2 Å². The standard InChI is InChI=1S/C19H13NO2/c20-12-17-13(15-6-1-3-10-18(15)21)8-5-9-14(17)16-7-2-4-11-19(16)22/h1-11,21-22H. The van der Waals surface area contributed by atoms with E-state index in [4.69, 9.17) is 0 Å². The third kappa shape index (κ3) is 2.27. The van der Waals surface area contributed by atoms with Crippen LogP contribution in [0.5, 0.6) is 11.5 Å². The van der Waals surface area contributed by atoms with Crippen LogP contribution in [-0.4, -0.2) is 10.2 Å². The smallest absolute Gasteiger partial charge is 0.123 e. The SMILES string of the molecule is N#Cc1c(-c2ccccc2O)cccc1-c1ccccc1O. The van der Waals surface area contributed by atoms with Crippen LogP contribution in [0.3, 0.4) is 0 Å². The molecule has 3 aromatic rings. The maximum Gasteiger partial charge on any atom is 0.123 e. The third-order valence-corrected chi connectivity index (χ3v) is 3.56. The summed E-state index contributed by atoms with van der Waals surface area (Å²) in [6.07, 6.45) is 0. The average Bonchev–Trinajstić information content (AvgIpc) is 2.55. The van der Waals surface area contributed by atoms with Crippen molar-refractivity contribution in [1.29, 1.82) is 5.26 Å². The van der Waals surface area contributed by atoms with Gasteiger partial charge in [0.1, 0.15) is 17.6 Å². The van der Waals surface area contributed by atoms with Crippen molar-refractivity contribution < 1.29 is 10.2 Å². The van der Waals surface area contributed by atoms with Gasteiger partial charge in [-0.05, 0) is 12.1 Å². The van der Waals surface area contributed by atoms with Gasteiger partial charge in [0, 0.05) is 22.3 Å². The predicted molar refractivity (Wildman–Crippen MR) is 85.4 cm³/mol. The van der Waals surface area contributed by atoms with Gasteiger partial charge in [-0.3, -0.25) is 0 Å². The van der Waals surface area contributed by atoms with Crippen molar-refractivity contribution in [2.45, 2.75) is 0 Å². The van der Waals surface area contributed by atoms with Gasteiger partial charge in [-0.1, -0.05) is 54.6 Å². The third-order valence-electron chi connectivity index (χ3n) is 3.56. The number of rotatable bonds is 2. The molecule has 0 saturated carbocycles. The van der Waals surface area contributed by atoms with E-state index in [1.54, 1.807) is 48.5 Å². The molecular weight excluding hydrogens is 274 g/mol. The Hall–Kier alpha value is -3.25. The number of nitrogens with zero attached hydrogens (tertiary/aromatic N) is 1. The Morgan fingerprint density at radius 2 is 1.00 bits per heavy atom. The molecule has 0 atom stereocenters. The monoisotopic (exact) mass is 287 g/mol. The molecule has 0 amide bonds. The highest BCUT2D eigenvalue weighted by Gasteiger charge is 2.15. The summed E-state index contributed by atoms with van der Waals surface area (Å²) >= 11 is 0. The summed E-state index contributed by atoms with van der Waals surface area (Å²) in [5.41, 5.74) is 2.89. The largest absolute Gasteiger partial charge is 0.507 e. The molecule has 3 aromatic carbocycles. The number of hydrogen-bond donors (Lipinski definition) is 2. The Bertz CT molecular complexity index is 815. The molecule has 0 aliphatic carbocycles.